The molecule has 3 aromatic rings. The summed E-state index contributed by atoms with van der Waals surface area (Å²) < 4.78 is 20.4. The van der Waals surface area contributed by atoms with Gasteiger partial charge in [0.15, 0.2) is 5.69 Å². The molecule has 0 aliphatic carbocycles. The molecular formula is C21H22FN5O2. The van der Waals surface area contributed by atoms with Crippen LogP contribution in [0.5, 0.6) is 5.75 Å². The lowest BCUT2D eigenvalue weighted by Crippen LogP contribution is -2.48. The lowest BCUT2D eigenvalue weighted by atomic mass is 10.0. The Bertz CT molecular complexity index is 1010. The largest absolute Gasteiger partial charge is 0.496 e. The highest BCUT2D eigenvalue weighted by Gasteiger charge is 2.31. The average molecular weight is 395 g/mol. The smallest absolute Gasteiger partial charge is 0.276 e. The molecule has 4 rings (SSSR count). The zero-order valence-electron chi connectivity index (χ0n) is 16.1. The summed E-state index contributed by atoms with van der Waals surface area (Å²) in [6.45, 7) is 2.23. The Labute approximate surface area is 168 Å². The van der Waals surface area contributed by atoms with Crippen molar-refractivity contribution in [2.24, 2.45) is 0 Å². The summed E-state index contributed by atoms with van der Waals surface area (Å²) in [6, 6.07) is 13.8. The van der Waals surface area contributed by atoms with Gasteiger partial charge in [-0.2, -0.15) is 0 Å². The van der Waals surface area contributed by atoms with Crippen LogP contribution >= 0.6 is 0 Å². The summed E-state index contributed by atoms with van der Waals surface area (Å²) in [4.78, 5) is 15.0. The second kappa shape index (κ2) is 8.40. The molecule has 1 aliphatic rings. The van der Waals surface area contributed by atoms with Gasteiger partial charge in [0.2, 0.25) is 0 Å². The van der Waals surface area contributed by atoms with Gasteiger partial charge in [-0.25, -0.2) is 9.07 Å². The fraction of sp³-hybridized carbons (Fsp3) is 0.286. The van der Waals surface area contributed by atoms with Crippen molar-refractivity contribution in [3.63, 3.8) is 0 Å². The van der Waals surface area contributed by atoms with Crippen molar-refractivity contribution >= 4 is 5.91 Å². The van der Waals surface area contributed by atoms with E-state index in [1.165, 1.54) is 12.1 Å². The third-order valence-corrected chi connectivity index (χ3v) is 4.99. The Morgan fingerprint density at radius 3 is 2.97 bits per heavy atom. The molecule has 8 heteroatoms. The number of methoxy groups -OCH3 is 1. The second-order valence-electron chi connectivity index (χ2n) is 6.89. The molecule has 150 valence electrons. The number of ether oxygens (including phenoxy) is 1. The zero-order valence-corrected chi connectivity index (χ0v) is 16.1. The van der Waals surface area contributed by atoms with E-state index in [-0.39, 0.29) is 23.5 Å². The maximum absolute atomic E-state index is 13.4. The van der Waals surface area contributed by atoms with Crippen molar-refractivity contribution in [3.8, 4) is 5.75 Å². The number of carbonyl (C=O) groups is 1. The molecule has 0 spiro atoms. The minimum Gasteiger partial charge on any atom is -0.496 e. The van der Waals surface area contributed by atoms with Gasteiger partial charge in [-0.05, 0) is 23.8 Å². The minimum absolute atomic E-state index is 0.166. The molecule has 1 atom stereocenters. The van der Waals surface area contributed by atoms with Gasteiger partial charge in [0.25, 0.3) is 5.91 Å². The molecule has 1 saturated heterocycles. The molecule has 1 amide bonds. The van der Waals surface area contributed by atoms with Crippen LogP contribution in [0.3, 0.4) is 0 Å². The van der Waals surface area contributed by atoms with Gasteiger partial charge in [0.1, 0.15) is 11.6 Å². The molecule has 2 aromatic carbocycles. The number of rotatable bonds is 5. The van der Waals surface area contributed by atoms with Crippen LogP contribution in [-0.2, 0) is 6.54 Å². The molecule has 7 nitrogen and oxygen atoms in total. The van der Waals surface area contributed by atoms with Crippen molar-refractivity contribution in [2.45, 2.75) is 12.6 Å². The van der Waals surface area contributed by atoms with Crippen molar-refractivity contribution in [2.75, 3.05) is 26.7 Å². The third-order valence-electron chi connectivity index (χ3n) is 4.99. The maximum atomic E-state index is 13.4. The van der Waals surface area contributed by atoms with E-state index in [2.05, 4.69) is 15.6 Å². The Morgan fingerprint density at radius 2 is 2.14 bits per heavy atom. The number of amides is 1. The number of nitrogens with zero attached hydrogens (tertiary/aromatic N) is 4. The summed E-state index contributed by atoms with van der Waals surface area (Å²) in [7, 11) is 1.62. The normalized spacial score (nSPS) is 16.6. The number of aromatic nitrogens is 3. The van der Waals surface area contributed by atoms with E-state index in [1.54, 1.807) is 35.0 Å². The van der Waals surface area contributed by atoms with Crippen LogP contribution in [0.25, 0.3) is 0 Å². The Balaban J connectivity index is 1.55. The van der Waals surface area contributed by atoms with Crippen molar-refractivity contribution < 1.29 is 13.9 Å². The van der Waals surface area contributed by atoms with E-state index in [0.29, 0.717) is 26.2 Å². The van der Waals surface area contributed by atoms with Gasteiger partial charge in [0, 0.05) is 25.2 Å². The van der Waals surface area contributed by atoms with Crippen LogP contribution in [0.4, 0.5) is 4.39 Å². The van der Waals surface area contributed by atoms with Crippen molar-refractivity contribution in [1.82, 2.24) is 25.2 Å². The van der Waals surface area contributed by atoms with Crippen molar-refractivity contribution in [1.29, 1.82) is 0 Å². The first-order valence-corrected chi connectivity index (χ1v) is 9.45. The van der Waals surface area contributed by atoms with Gasteiger partial charge in [0.05, 0.1) is 25.9 Å². The summed E-state index contributed by atoms with van der Waals surface area (Å²) in [5.74, 6) is 0.251. The first-order chi connectivity index (χ1) is 14.2. The summed E-state index contributed by atoms with van der Waals surface area (Å²) >= 11 is 0. The van der Waals surface area contributed by atoms with Crippen LogP contribution in [0.15, 0.2) is 54.7 Å². The highest BCUT2D eigenvalue weighted by Crippen LogP contribution is 2.30. The van der Waals surface area contributed by atoms with E-state index < -0.39 is 0 Å². The van der Waals surface area contributed by atoms with Crippen LogP contribution in [0.2, 0.25) is 0 Å². The monoisotopic (exact) mass is 395 g/mol. The first kappa shape index (κ1) is 19.1. The molecule has 29 heavy (non-hydrogen) atoms. The Hall–Kier alpha value is -3.26. The summed E-state index contributed by atoms with van der Waals surface area (Å²) in [5.41, 5.74) is 1.97. The molecule has 0 saturated carbocycles. The van der Waals surface area contributed by atoms with Crippen LogP contribution in [-0.4, -0.2) is 52.5 Å². The number of hydrogen-bond donors (Lipinski definition) is 1. The third kappa shape index (κ3) is 4.12. The predicted molar refractivity (Wildman–Crippen MR) is 105 cm³/mol. The lowest BCUT2D eigenvalue weighted by molar-refractivity contribution is 0.0625. The molecule has 1 fully saturated rings. The number of piperazine rings is 1. The first-order valence-electron chi connectivity index (χ1n) is 9.45. The molecule has 1 aromatic heterocycles. The SMILES string of the molecule is COc1ccccc1C1CNCCN1C(=O)c1cn(Cc2cccc(F)c2)nn1. The number of halogens is 1. The highest BCUT2D eigenvalue weighted by atomic mass is 19.1. The van der Waals surface area contributed by atoms with E-state index in [1.807, 2.05) is 24.3 Å². The minimum atomic E-state index is -0.306. The summed E-state index contributed by atoms with van der Waals surface area (Å²) in [6.07, 6.45) is 1.61. The van der Waals surface area contributed by atoms with Crippen LogP contribution in [0.1, 0.15) is 27.7 Å². The predicted octanol–water partition coefficient (Wildman–Crippen LogP) is 2.26. The van der Waals surface area contributed by atoms with E-state index >= 15 is 0 Å². The van der Waals surface area contributed by atoms with Crippen LogP contribution < -0.4 is 10.1 Å². The lowest BCUT2D eigenvalue weighted by Gasteiger charge is -2.36. The van der Waals surface area contributed by atoms with Gasteiger partial charge in [-0.3, -0.25) is 4.79 Å². The topological polar surface area (TPSA) is 72.3 Å². The van der Waals surface area contributed by atoms with E-state index in [0.717, 1.165) is 16.9 Å². The molecule has 1 N–H and O–H groups in total. The quantitative estimate of drug-likeness (QED) is 0.718. The molecule has 2 heterocycles. The van der Waals surface area contributed by atoms with Gasteiger partial charge in [-0.15, -0.1) is 5.10 Å². The Morgan fingerprint density at radius 1 is 1.28 bits per heavy atom. The standard InChI is InChI=1S/C21H22FN5O2/c1-29-20-8-3-2-7-17(20)19-12-23-9-10-27(19)21(28)18-14-26(25-24-18)13-15-5-4-6-16(22)11-15/h2-8,11,14,19,23H,9-10,12-13H2,1H3. The Kier molecular flexibility index (Phi) is 5.53. The number of hydrogen-bond acceptors (Lipinski definition) is 5. The maximum Gasteiger partial charge on any atom is 0.276 e. The number of para-hydroxylation sites is 1. The van der Waals surface area contributed by atoms with E-state index in [9.17, 15) is 9.18 Å². The molecule has 1 unspecified atom stereocenters. The fourth-order valence-electron chi connectivity index (χ4n) is 3.61. The zero-order chi connectivity index (χ0) is 20.2. The molecule has 1 aliphatic heterocycles. The molecular weight excluding hydrogens is 373 g/mol. The average Bonchev–Trinajstić information content (AvgIpc) is 3.21. The fourth-order valence-corrected chi connectivity index (χ4v) is 3.61. The summed E-state index contributed by atoms with van der Waals surface area (Å²) in [5, 5.41) is 11.4. The number of carbonyl (C=O) groups excluding carboxylic acids is 1. The molecule has 0 bridgehead atoms. The van der Waals surface area contributed by atoms with Crippen molar-refractivity contribution in [3.05, 3.63) is 77.4 Å². The highest BCUT2D eigenvalue weighted by molar-refractivity contribution is 5.92. The van der Waals surface area contributed by atoms with E-state index in [4.69, 9.17) is 4.74 Å². The second-order valence-corrected chi connectivity index (χ2v) is 6.89. The van der Waals surface area contributed by atoms with Gasteiger partial charge in [-0.1, -0.05) is 35.5 Å². The van der Waals surface area contributed by atoms with Gasteiger partial charge >= 0.3 is 0 Å². The van der Waals surface area contributed by atoms with Gasteiger partial charge < -0.3 is 15.0 Å². The number of benzene rings is 2. The molecule has 0 radical (unpaired) electrons. The number of nitrogens with one attached hydrogen (secondary N) is 1. The van der Waals surface area contributed by atoms with Crippen LogP contribution in [0, 0.1) is 5.82 Å².